The lowest BCUT2D eigenvalue weighted by atomic mass is 9.94. The molecule has 4 rings (SSSR count). The fourth-order valence-electron chi connectivity index (χ4n) is 4.47. The van der Waals surface area contributed by atoms with Gasteiger partial charge in [-0.15, -0.1) is 0 Å². The summed E-state index contributed by atoms with van der Waals surface area (Å²) in [6.45, 7) is 8.72. The number of aromatic nitrogens is 1. The number of nitrogens with one attached hydrogen (secondary N) is 1. The van der Waals surface area contributed by atoms with Crippen molar-refractivity contribution in [3.63, 3.8) is 0 Å². The highest BCUT2D eigenvalue weighted by Gasteiger charge is 2.32. The smallest absolute Gasteiger partial charge is 0.408 e. The second-order valence-electron chi connectivity index (χ2n) is 9.20. The number of aryl methyl sites for hydroxylation is 2. The van der Waals surface area contributed by atoms with Gasteiger partial charge in [0.2, 0.25) is 15.9 Å². The van der Waals surface area contributed by atoms with Gasteiger partial charge in [-0.1, -0.05) is 19.9 Å². The number of hydrogen-bond acceptors (Lipinski definition) is 5. The van der Waals surface area contributed by atoms with Gasteiger partial charge in [-0.25, -0.2) is 13.2 Å². The summed E-state index contributed by atoms with van der Waals surface area (Å²) in [5.74, 6) is -0.532. The van der Waals surface area contributed by atoms with Crippen LogP contribution in [0.1, 0.15) is 31.4 Å². The Balaban J connectivity index is 1.58. The van der Waals surface area contributed by atoms with E-state index in [1.807, 2.05) is 39.8 Å². The van der Waals surface area contributed by atoms with E-state index in [4.69, 9.17) is 4.42 Å². The van der Waals surface area contributed by atoms with Crippen LogP contribution in [0.5, 0.6) is 0 Å². The summed E-state index contributed by atoms with van der Waals surface area (Å²) < 4.78 is 34.4. The predicted octanol–water partition coefficient (Wildman–Crippen LogP) is 3.52. The zero-order valence-corrected chi connectivity index (χ0v) is 20.1. The Kier molecular flexibility index (Phi) is 6.20. The summed E-state index contributed by atoms with van der Waals surface area (Å²) in [6, 6.07) is 9.93. The number of sulfonamides is 1. The molecule has 1 aliphatic heterocycles. The SMILES string of the molecule is Cc1ccc(NC(=O)Cn2c(=O)oc3cc(S(=O)(=O)N4CC(C)CC(C)C4)ccc32)cc1C. The van der Waals surface area contributed by atoms with Gasteiger partial charge in [-0.2, -0.15) is 4.31 Å². The number of hydrogen-bond donors (Lipinski definition) is 1. The minimum absolute atomic E-state index is 0.0804. The van der Waals surface area contributed by atoms with Gasteiger partial charge in [0.05, 0.1) is 10.4 Å². The van der Waals surface area contributed by atoms with Crippen LogP contribution in [-0.4, -0.2) is 36.3 Å². The van der Waals surface area contributed by atoms with Crippen molar-refractivity contribution in [3.05, 3.63) is 58.1 Å². The van der Waals surface area contributed by atoms with Crippen LogP contribution in [0.25, 0.3) is 11.1 Å². The molecule has 0 saturated carbocycles. The van der Waals surface area contributed by atoms with Crippen molar-refractivity contribution in [2.75, 3.05) is 18.4 Å². The van der Waals surface area contributed by atoms with Crippen LogP contribution in [0.15, 0.2) is 50.5 Å². The molecule has 1 N–H and O–H groups in total. The second kappa shape index (κ2) is 8.79. The summed E-state index contributed by atoms with van der Waals surface area (Å²) in [4.78, 5) is 25.1. The molecule has 1 amide bonds. The summed E-state index contributed by atoms with van der Waals surface area (Å²) in [6.07, 6.45) is 0.993. The van der Waals surface area contributed by atoms with Crippen LogP contribution in [0.3, 0.4) is 0 Å². The quantitative estimate of drug-likeness (QED) is 0.614. The standard InChI is InChI=1S/C24H29N3O5S/c1-15-9-16(2)13-26(12-15)33(30,31)20-7-8-21-22(11-20)32-24(29)27(21)14-23(28)25-19-6-5-17(3)18(4)10-19/h5-8,10-11,15-16H,9,12-14H2,1-4H3,(H,25,28). The van der Waals surface area contributed by atoms with Gasteiger partial charge in [0.1, 0.15) is 6.54 Å². The van der Waals surface area contributed by atoms with Gasteiger partial charge in [0, 0.05) is 24.8 Å². The first-order chi connectivity index (χ1) is 15.5. The highest BCUT2D eigenvalue weighted by molar-refractivity contribution is 7.89. The van der Waals surface area contributed by atoms with Gasteiger partial charge >= 0.3 is 5.76 Å². The van der Waals surface area contributed by atoms with E-state index in [9.17, 15) is 18.0 Å². The predicted molar refractivity (Wildman–Crippen MR) is 127 cm³/mol. The lowest BCUT2D eigenvalue weighted by Crippen LogP contribution is -2.42. The van der Waals surface area contributed by atoms with Crippen molar-refractivity contribution in [1.29, 1.82) is 0 Å². The molecule has 1 saturated heterocycles. The van der Waals surface area contributed by atoms with Crippen LogP contribution in [0.4, 0.5) is 5.69 Å². The van der Waals surface area contributed by atoms with Gasteiger partial charge in [-0.3, -0.25) is 9.36 Å². The molecule has 2 unspecified atom stereocenters. The molecule has 33 heavy (non-hydrogen) atoms. The van der Waals surface area contributed by atoms with Gasteiger partial charge in [0.25, 0.3) is 0 Å². The summed E-state index contributed by atoms with van der Waals surface area (Å²) >= 11 is 0. The van der Waals surface area contributed by atoms with Crippen molar-refractivity contribution in [3.8, 4) is 0 Å². The Morgan fingerprint density at radius 2 is 1.76 bits per heavy atom. The highest BCUT2D eigenvalue weighted by atomic mass is 32.2. The number of rotatable bonds is 5. The Hall–Kier alpha value is -2.91. The molecule has 2 heterocycles. The molecular formula is C24H29N3O5S. The molecule has 0 radical (unpaired) electrons. The molecule has 176 valence electrons. The molecule has 0 spiro atoms. The molecular weight excluding hydrogens is 442 g/mol. The van der Waals surface area contributed by atoms with Crippen LogP contribution in [0.2, 0.25) is 0 Å². The van der Waals surface area contributed by atoms with Crippen molar-refractivity contribution in [2.24, 2.45) is 11.8 Å². The first-order valence-corrected chi connectivity index (χ1v) is 12.5. The molecule has 9 heteroatoms. The third kappa shape index (κ3) is 4.74. The number of nitrogens with zero attached hydrogens (tertiary/aromatic N) is 2. The maximum Gasteiger partial charge on any atom is 0.420 e. The number of benzene rings is 2. The topological polar surface area (TPSA) is 102 Å². The lowest BCUT2D eigenvalue weighted by Gasteiger charge is -2.34. The largest absolute Gasteiger partial charge is 0.420 e. The zero-order chi connectivity index (χ0) is 23.9. The minimum atomic E-state index is -3.71. The molecule has 2 aromatic carbocycles. The van der Waals surface area contributed by atoms with E-state index in [1.54, 1.807) is 6.07 Å². The van der Waals surface area contributed by atoms with E-state index >= 15 is 0 Å². The van der Waals surface area contributed by atoms with Crippen molar-refractivity contribution in [1.82, 2.24) is 8.87 Å². The highest BCUT2D eigenvalue weighted by Crippen LogP contribution is 2.28. The van der Waals surface area contributed by atoms with E-state index < -0.39 is 15.8 Å². The maximum atomic E-state index is 13.2. The lowest BCUT2D eigenvalue weighted by molar-refractivity contribution is -0.116. The third-order valence-corrected chi connectivity index (χ3v) is 8.03. The normalized spacial score (nSPS) is 19.6. The number of fused-ring (bicyclic) bond motifs is 1. The Morgan fingerprint density at radius 3 is 2.42 bits per heavy atom. The van der Waals surface area contributed by atoms with E-state index in [2.05, 4.69) is 5.32 Å². The fraction of sp³-hybridized carbons (Fsp3) is 0.417. The van der Waals surface area contributed by atoms with Gasteiger partial charge < -0.3 is 9.73 Å². The molecule has 0 bridgehead atoms. The Labute approximate surface area is 193 Å². The summed E-state index contributed by atoms with van der Waals surface area (Å²) in [5.41, 5.74) is 3.31. The van der Waals surface area contributed by atoms with E-state index in [0.717, 1.165) is 17.5 Å². The van der Waals surface area contributed by atoms with Crippen LogP contribution < -0.4 is 11.1 Å². The Bertz CT molecular complexity index is 1360. The fourth-order valence-corrected chi connectivity index (χ4v) is 6.17. The van der Waals surface area contributed by atoms with Crippen LogP contribution in [0, 0.1) is 25.7 Å². The van der Waals surface area contributed by atoms with Gasteiger partial charge in [-0.05, 0) is 67.5 Å². The van der Waals surface area contributed by atoms with Gasteiger partial charge in [0.15, 0.2) is 5.58 Å². The average molecular weight is 472 g/mol. The number of carbonyl (C=O) groups is 1. The van der Waals surface area contributed by atoms with Crippen molar-refractivity contribution in [2.45, 2.75) is 45.6 Å². The molecule has 3 aromatic rings. The van der Waals surface area contributed by atoms with Crippen molar-refractivity contribution < 1.29 is 17.6 Å². The minimum Gasteiger partial charge on any atom is -0.408 e. The first kappa shape index (κ1) is 23.3. The summed E-state index contributed by atoms with van der Waals surface area (Å²) in [5, 5.41) is 2.78. The zero-order valence-electron chi connectivity index (χ0n) is 19.3. The number of anilines is 1. The number of oxazole rings is 1. The number of piperidine rings is 1. The monoisotopic (exact) mass is 471 g/mol. The third-order valence-electron chi connectivity index (χ3n) is 6.21. The van der Waals surface area contributed by atoms with E-state index in [0.29, 0.717) is 24.3 Å². The molecule has 0 aliphatic carbocycles. The Morgan fingerprint density at radius 1 is 1.06 bits per heavy atom. The van der Waals surface area contributed by atoms with Crippen LogP contribution in [-0.2, 0) is 21.4 Å². The van der Waals surface area contributed by atoms with Crippen LogP contribution >= 0.6 is 0 Å². The van der Waals surface area contributed by atoms with Crippen molar-refractivity contribution >= 4 is 32.7 Å². The molecule has 2 atom stereocenters. The first-order valence-electron chi connectivity index (χ1n) is 11.0. The second-order valence-corrected chi connectivity index (χ2v) is 11.1. The molecule has 1 aromatic heterocycles. The molecule has 8 nitrogen and oxygen atoms in total. The number of carbonyl (C=O) groups excluding carboxylic acids is 1. The maximum absolute atomic E-state index is 13.2. The summed E-state index contributed by atoms with van der Waals surface area (Å²) in [7, 11) is -3.71. The van der Waals surface area contributed by atoms with E-state index in [1.165, 1.54) is 27.1 Å². The average Bonchev–Trinajstić information content (AvgIpc) is 3.04. The molecule has 1 aliphatic rings. The number of amides is 1. The molecule has 1 fully saturated rings. The van der Waals surface area contributed by atoms with E-state index in [-0.39, 0.29) is 34.8 Å².